The average Bonchev–Trinajstić information content (AvgIpc) is 2.49. The SMILES string of the molecule is CCc1ccccc1NC(=O)CC1SCC(C(=O)O)NC1=O. The van der Waals surface area contributed by atoms with E-state index in [4.69, 9.17) is 5.11 Å². The third-order valence-electron chi connectivity index (χ3n) is 3.41. The van der Waals surface area contributed by atoms with Crippen LogP contribution in [0.3, 0.4) is 0 Å². The van der Waals surface area contributed by atoms with Crippen LogP contribution in [0.25, 0.3) is 0 Å². The summed E-state index contributed by atoms with van der Waals surface area (Å²) in [7, 11) is 0. The molecule has 1 fully saturated rings. The number of hydrogen-bond donors (Lipinski definition) is 3. The second-order valence-corrected chi connectivity index (χ2v) is 6.22. The number of carbonyl (C=O) groups excluding carboxylic acids is 2. The van der Waals surface area contributed by atoms with Gasteiger partial charge in [-0.15, -0.1) is 11.8 Å². The van der Waals surface area contributed by atoms with E-state index < -0.39 is 23.2 Å². The van der Waals surface area contributed by atoms with Crippen molar-refractivity contribution in [3.05, 3.63) is 29.8 Å². The molecule has 2 unspecified atom stereocenters. The van der Waals surface area contributed by atoms with E-state index in [1.165, 1.54) is 11.8 Å². The number of amides is 2. The van der Waals surface area contributed by atoms with Crippen LogP contribution in [-0.2, 0) is 20.8 Å². The lowest BCUT2D eigenvalue weighted by Gasteiger charge is -2.26. The van der Waals surface area contributed by atoms with E-state index in [0.29, 0.717) is 0 Å². The number of benzene rings is 1. The molecule has 0 saturated carbocycles. The van der Waals surface area contributed by atoms with Crippen LogP contribution in [-0.4, -0.2) is 39.9 Å². The van der Waals surface area contributed by atoms with Crippen molar-refractivity contribution >= 4 is 35.2 Å². The zero-order chi connectivity index (χ0) is 16.1. The number of nitrogens with one attached hydrogen (secondary N) is 2. The Morgan fingerprint density at radius 3 is 2.77 bits per heavy atom. The van der Waals surface area contributed by atoms with Crippen LogP contribution in [0.15, 0.2) is 24.3 Å². The Hall–Kier alpha value is -2.02. The molecule has 1 heterocycles. The summed E-state index contributed by atoms with van der Waals surface area (Å²) in [5.41, 5.74) is 1.78. The fraction of sp³-hybridized carbons (Fsp3) is 0.400. The zero-order valence-corrected chi connectivity index (χ0v) is 13.0. The monoisotopic (exact) mass is 322 g/mol. The molecule has 7 heteroatoms. The Morgan fingerprint density at radius 1 is 1.41 bits per heavy atom. The molecule has 2 amide bonds. The lowest BCUT2D eigenvalue weighted by Crippen LogP contribution is -2.51. The van der Waals surface area contributed by atoms with Gasteiger partial charge in [-0.05, 0) is 18.1 Å². The van der Waals surface area contributed by atoms with Gasteiger partial charge in [0.25, 0.3) is 0 Å². The molecule has 0 aromatic heterocycles. The van der Waals surface area contributed by atoms with E-state index in [9.17, 15) is 14.4 Å². The highest BCUT2D eigenvalue weighted by Gasteiger charge is 2.33. The van der Waals surface area contributed by atoms with E-state index in [2.05, 4.69) is 10.6 Å². The van der Waals surface area contributed by atoms with Gasteiger partial charge in [-0.1, -0.05) is 25.1 Å². The summed E-state index contributed by atoms with van der Waals surface area (Å²) in [6.07, 6.45) is 0.830. The van der Waals surface area contributed by atoms with Crippen LogP contribution in [0.2, 0.25) is 0 Å². The van der Waals surface area contributed by atoms with E-state index in [1.807, 2.05) is 31.2 Å². The van der Waals surface area contributed by atoms with Crippen LogP contribution in [0.5, 0.6) is 0 Å². The molecule has 118 valence electrons. The standard InChI is InChI=1S/C15H18N2O4S/c1-2-9-5-3-4-6-10(9)16-13(18)7-12-14(19)17-11(8-22-12)15(20)21/h3-6,11-12H,2,7-8H2,1H3,(H,16,18)(H,17,19)(H,20,21). The normalized spacial score (nSPS) is 21.0. The van der Waals surface area contributed by atoms with Crippen LogP contribution >= 0.6 is 11.8 Å². The highest BCUT2D eigenvalue weighted by Crippen LogP contribution is 2.22. The average molecular weight is 322 g/mol. The number of carboxylic acids is 1. The lowest BCUT2D eigenvalue weighted by atomic mass is 10.1. The summed E-state index contributed by atoms with van der Waals surface area (Å²) in [6, 6.07) is 6.64. The van der Waals surface area contributed by atoms with Crippen molar-refractivity contribution in [1.29, 1.82) is 0 Å². The van der Waals surface area contributed by atoms with E-state index in [1.54, 1.807) is 0 Å². The molecule has 2 rings (SSSR count). The molecule has 3 N–H and O–H groups in total. The molecule has 2 atom stereocenters. The minimum absolute atomic E-state index is 0.0287. The number of anilines is 1. The fourth-order valence-electron chi connectivity index (χ4n) is 2.20. The highest BCUT2D eigenvalue weighted by atomic mass is 32.2. The fourth-order valence-corrected chi connectivity index (χ4v) is 3.34. The number of aryl methyl sites for hydroxylation is 1. The second kappa shape index (κ2) is 7.31. The van der Waals surface area contributed by atoms with Gasteiger partial charge in [0.2, 0.25) is 11.8 Å². The molecule has 1 aromatic carbocycles. The molecule has 0 spiro atoms. The number of rotatable bonds is 5. The summed E-state index contributed by atoms with van der Waals surface area (Å²) in [4.78, 5) is 34.8. The van der Waals surface area contributed by atoms with Gasteiger partial charge in [0.15, 0.2) is 0 Å². The predicted molar refractivity (Wildman–Crippen MR) is 84.9 cm³/mol. The first-order chi connectivity index (χ1) is 10.5. The van der Waals surface area contributed by atoms with Crippen molar-refractivity contribution in [2.24, 2.45) is 0 Å². The molecule has 1 aliphatic rings. The summed E-state index contributed by atoms with van der Waals surface area (Å²) in [5.74, 6) is -1.43. The van der Waals surface area contributed by atoms with Gasteiger partial charge >= 0.3 is 5.97 Å². The number of thioether (sulfide) groups is 1. The summed E-state index contributed by atoms with van der Waals surface area (Å²) in [6.45, 7) is 2.00. The number of para-hydroxylation sites is 1. The lowest BCUT2D eigenvalue weighted by molar-refractivity contribution is -0.141. The van der Waals surface area contributed by atoms with Gasteiger partial charge in [-0.25, -0.2) is 4.79 Å². The van der Waals surface area contributed by atoms with Crippen LogP contribution in [0, 0.1) is 0 Å². The van der Waals surface area contributed by atoms with E-state index in [0.717, 1.165) is 17.7 Å². The van der Waals surface area contributed by atoms with Crippen molar-refractivity contribution in [2.45, 2.75) is 31.1 Å². The third-order valence-corrected chi connectivity index (χ3v) is 4.72. The summed E-state index contributed by atoms with van der Waals surface area (Å²) >= 11 is 1.20. The Kier molecular flexibility index (Phi) is 5.43. The molecule has 0 bridgehead atoms. The van der Waals surface area contributed by atoms with Gasteiger partial charge in [0.1, 0.15) is 6.04 Å². The summed E-state index contributed by atoms with van der Waals surface area (Å²) in [5, 5.41) is 13.6. The molecular weight excluding hydrogens is 304 g/mol. The molecule has 0 aliphatic carbocycles. The van der Waals surface area contributed by atoms with Gasteiger partial charge in [-0.2, -0.15) is 0 Å². The van der Waals surface area contributed by atoms with Crippen molar-refractivity contribution < 1.29 is 19.5 Å². The van der Waals surface area contributed by atoms with Crippen LogP contribution < -0.4 is 10.6 Å². The molecule has 0 radical (unpaired) electrons. The van der Waals surface area contributed by atoms with E-state index in [-0.39, 0.29) is 18.1 Å². The number of carbonyl (C=O) groups is 3. The minimum atomic E-state index is -1.05. The first-order valence-electron chi connectivity index (χ1n) is 7.03. The first-order valence-corrected chi connectivity index (χ1v) is 8.08. The van der Waals surface area contributed by atoms with Crippen molar-refractivity contribution in [3.8, 4) is 0 Å². The van der Waals surface area contributed by atoms with Crippen LogP contribution in [0.4, 0.5) is 5.69 Å². The minimum Gasteiger partial charge on any atom is -0.480 e. The smallest absolute Gasteiger partial charge is 0.327 e. The predicted octanol–water partition coefficient (Wildman–Crippen LogP) is 1.26. The molecule has 1 aliphatic heterocycles. The largest absolute Gasteiger partial charge is 0.480 e. The number of carboxylic acid groups (broad SMARTS) is 1. The zero-order valence-electron chi connectivity index (χ0n) is 12.2. The Balaban J connectivity index is 1.93. The molecule has 22 heavy (non-hydrogen) atoms. The van der Waals surface area contributed by atoms with Crippen LogP contribution in [0.1, 0.15) is 18.9 Å². The molecule has 6 nitrogen and oxygen atoms in total. The quantitative estimate of drug-likeness (QED) is 0.758. The topological polar surface area (TPSA) is 95.5 Å². The maximum absolute atomic E-state index is 12.1. The third kappa shape index (κ3) is 4.00. The first kappa shape index (κ1) is 16.4. The highest BCUT2D eigenvalue weighted by molar-refractivity contribution is 8.00. The maximum Gasteiger partial charge on any atom is 0.327 e. The maximum atomic E-state index is 12.1. The summed E-state index contributed by atoms with van der Waals surface area (Å²) < 4.78 is 0. The number of hydrogen-bond acceptors (Lipinski definition) is 4. The van der Waals surface area contributed by atoms with Gasteiger partial charge in [0, 0.05) is 17.9 Å². The number of aliphatic carboxylic acids is 1. The Bertz CT molecular complexity index is 591. The molecule has 1 aromatic rings. The van der Waals surface area contributed by atoms with Crippen molar-refractivity contribution in [3.63, 3.8) is 0 Å². The van der Waals surface area contributed by atoms with Gasteiger partial charge in [-0.3, -0.25) is 9.59 Å². The van der Waals surface area contributed by atoms with E-state index >= 15 is 0 Å². The molecular formula is C15H18N2O4S. The van der Waals surface area contributed by atoms with Gasteiger partial charge in [0.05, 0.1) is 5.25 Å². The Labute approximate surface area is 132 Å². The Morgan fingerprint density at radius 2 is 2.14 bits per heavy atom. The molecule has 1 saturated heterocycles. The van der Waals surface area contributed by atoms with Crippen molar-refractivity contribution in [1.82, 2.24) is 5.32 Å². The van der Waals surface area contributed by atoms with Crippen molar-refractivity contribution in [2.75, 3.05) is 11.1 Å². The van der Waals surface area contributed by atoms with Gasteiger partial charge < -0.3 is 15.7 Å². The second-order valence-electron chi connectivity index (χ2n) is 4.98.